The average molecular weight is 316 g/mol. The van der Waals surface area contributed by atoms with Crippen molar-refractivity contribution in [3.05, 3.63) is 29.8 Å². The summed E-state index contributed by atoms with van der Waals surface area (Å²) in [5.41, 5.74) is 2.05. The van der Waals surface area contributed by atoms with E-state index < -0.39 is 0 Å². The molecule has 1 saturated heterocycles. The quantitative estimate of drug-likeness (QED) is 0.867. The van der Waals surface area contributed by atoms with Gasteiger partial charge in [0.25, 0.3) is 0 Å². The van der Waals surface area contributed by atoms with Crippen LogP contribution in [-0.4, -0.2) is 47.6 Å². The Morgan fingerprint density at radius 2 is 2.09 bits per heavy atom. The number of aliphatic hydroxyl groups excluding tert-OH is 1. The first kappa shape index (κ1) is 16.0. The molecule has 1 aromatic carbocycles. The summed E-state index contributed by atoms with van der Waals surface area (Å²) in [6.07, 6.45) is 3.15. The first-order valence-electron chi connectivity index (χ1n) is 8.45. The highest BCUT2D eigenvalue weighted by atomic mass is 16.3. The van der Waals surface area contributed by atoms with Gasteiger partial charge in [-0.05, 0) is 30.9 Å². The van der Waals surface area contributed by atoms with Gasteiger partial charge in [-0.1, -0.05) is 25.1 Å². The zero-order chi connectivity index (χ0) is 16.4. The van der Waals surface area contributed by atoms with Crippen LogP contribution in [-0.2, 0) is 16.0 Å². The number of nitrogens with zero attached hydrogens (tertiary/aromatic N) is 2. The van der Waals surface area contributed by atoms with E-state index in [1.807, 2.05) is 24.3 Å². The van der Waals surface area contributed by atoms with Gasteiger partial charge in [0, 0.05) is 31.2 Å². The summed E-state index contributed by atoms with van der Waals surface area (Å²) in [4.78, 5) is 28.7. The molecule has 1 unspecified atom stereocenters. The summed E-state index contributed by atoms with van der Waals surface area (Å²) in [6, 6.07) is 8.15. The predicted octanol–water partition coefficient (Wildman–Crippen LogP) is 1.59. The van der Waals surface area contributed by atoms with E-state index in [9.17, 15) is 14.7 Å². The second kappa shape index (κ2) is 6.71. The topological polar surface area (TPSA) is 60.9 Å². The van der Waals surface area contributed by atoms with E-state index in [0.29, 0.717) is 13.1 Å². The third-order valence-corrected chi connectivity index (χ3v) is 4.75. The minimum Gasteiger partial charge on any atom is -0.395 e. The number of aliphatic hydroxyl groups is 1. The Hall–Kier alpha value is -1.88. The lowest BCUT2D eigenvalue weighted by molar-refractivity contribution is -0.136. The molecule has 1 aromatic rings. The molecular weight excluding hydrogens is 292 g/mol. The Kier molecular flexibility index (Phi) is 4.66. The molecule has 3 rings (SSSR count). The summed E-state index contributed by atoms with van der Waals surface area (Å²) in [6.45, 7) is 2.87. The van der Waals surface area contributed by atoms with E-state index in [1.54, 1.807) is 9.80 Å². The fraction of sp³-hybridized carbons (Fsp3) is 0.556. The SMILES string of the molecule is CCc1ccccc1N1CC(C(=O)N(CCO)C2CC2)CC1=O. The third-order valence-electron chi connectivity index (χ3n) is 4.75. The Labute approximate surface area is 136 Å². The summed E-state index contributed by atoms with van der Waals surface area (Å²) in [7, 11) is 0. The van der Waals surface area contributed by atoms with Gasteiger partial charge in [-0.25, -0.2) is 0 Å². The maximum Gasteiger partial charge on any atom is 0.228 e. The van der Waals surface area contributed by atoms with Crippen molar-refractivity contribution in [1.29, 1.82) is 0 Å². The molecular formula is C18H24N2O3. The van der Waals surface area contributed by atoms with E-state index in [-0.39, 0.29) is 36.8 Å². The Morgan fingerprint density at radius 1 is 1.35 bits per heavy atom. The molecule has 5 nitrogen and oxygen atoms in total. The molecule has 5 heteroatoms. The van der Waals surface area contributed by atoms with Crippen molar-refractivity contribution in [2.24, 2.45) is 5.92 Å². The number of anilines is 1. The van der Waals surface area contributed by atoms with Crippen molar-refractivity contribution in [2.45, 2.75) is 38.6 Å². The molecule has 23 heavy (non-hydrogen) atoms. The van der Waals surface area contributed by atoms with Crippen molar-refractivity contribution in [1.82, 2.24) is 4.90 Å². The first-order chi connectivity index (χ1) is 11.2. The van der Waals surface area contributed by atoms with E-state index in [0.717, 1.165) is 30.5 Å². The number of benzene rings is 1. The smallest absolute Gasteiger partial charge is 0.228 e. The lowest BCUT2D eigenvalue weighted by Crippen LogP contribution is -2.40. The van der Waals surface area contributed by atoms with Crippen LogP contribution >= 0.6 is 0 Å². The van der Waals surface area contributed by atoms with Gasteiger partial charge in [0.2, 0.25) is 11.8 Å². The minimum absolute atomic E-state index is 0.0176. The van der Waals surface area contributed by atoms with Crippen LogP contribution in [0.1, 0.15) is 31.7 Å². The van der Waals surface area contributed by atoms with Crippen molar-refractivity contribution < 1.29 is 14.7 Å². The van der Waals surface area contributed by atoms with Gasteiger partial charge in [-0.2, -0.15) is 0 Å². The molecule has 1 saturated carbocycles. The number of aryl methyl sites for hydroxylation is 1. The fourth-order valence-electron chi connectivity index (χ4n) is 3.38. The number of carbonyl (C=O) groups excluding carboxylic acids is 2. The molecule has 0 bridgehead atoms. The van der Waals surface area contributed by atoms with Gasteiger partial charge < -0.3 is 14.9 Å². The first-order valence-corrected chi connectivity index (χ1v) is 8.45. The van der Waals surface area contributed by atoms with Crippen LogP contribution < -0.4 is 4.90 Å². The van der Waals surface area contributed by atoms with Gasteiger partial charge in [0.1, 0.15) is 0 Å². The fourth-order valence-corrected chi connectivity index (χ4v) is 3.38. The number of rotatable bonds is 6. The maximum absolute atomic E-state index is 12.7. The van der Waals surface area contributed by atoms with Crippen LogP contribution in [0.25, 0.3) is 0 Å². The molecule has 1 aliphatic heterocycles. The normalized spacial score (nSPS) is 20.9. The zero-order valence-corrected chi connectivity index (χ0v) is 13.6. The van der Waals surface area contributed by atoms with Gasteiger partial charge in [-0.15, -0.1) is 0 Å². The third kappa shape index (κ3) is 3.24. The van der Waals surface area contributed by atoms with E-state index >= 15 is 0 Å². The summed E-state index contributed by atoms with van der Waals surface area (Å²) in [5, 5.41) is 9.18. The van der Waals surface area contributed by atoms with Crippen LogP contribution in [0, 0.1) is 5.92 Å². The summed E-state index contributed by atoms with van der Waals surface area (Å²) < 4.78 is 0. The number of amides is 2. The monoisotopic (exact) mass is 316 g/mol. The highest BCUT2D eigenvalue weighted by Gasteiger charge is 2.41. The van der Waals surface area contributed by atoms with Crippen LogP contribution in [0.5, 0.6) is 0 Å². The highest BCUT2D eigenvalue weighted by molar-refractivity contribution is 6.00. The van der Waals surface area contributed by atoms with Crippen LogP contribution in [0.15, 0.2) is 24.3 Å². The molecule has 1 heterocycles. The minimum atomic E-state index is -0.292. The highest BCUT2D eigenvalue weighted by Crippen LogP contribution is 2.32. The maximum atomic E-state index is 12.7. The van der Waals surface area contributed by atoms with Crippen LogP contribution in [0.3, 0.4) is 0 Å². The largest absolute Gasteiger partial charge is 0.395 e. The molecule has 1 N–H and O–H groups in total. The summed E-state index contributed by atoms with van der Waals surface area (Å²) in [5.74, 6) is -0.255. The molecule has 2 fully saturated rings. The number of hydrogen-bond acceptors (Lipinski definition) is 3. The van der Waals surface area contributed by atoms with Crippen molar-refractivity contribution >= 4 is 17.5 Å². The summed E-state index contributed by atoms with van der Waals surface area (Å²) >= 11 is 0. The van der Waals surface area contributed by atoms with Crippen molar-refractivity contribution in [3.8, 4) is 0 Å². The van der Waals surface area contributed by atoms with Gasteiger partial charge in [0.15, 0.2) is 0 Å². The molecule has 2 amide bonds. The van der Waals surface area contributed by atoms with Gasteiger partial charge in [-0.3, -0.25) is 9.59 Å². The standard InChI is InChI=1S/C18H24N2O3/c1-2-13-5-3-4-6-16(13)20-12-14(11-17(20)22)18(23)19(9-10-21)15-7-8-15/h3-6,14-15,21H,2,7-12H2,1H3. The van der Waals surface area contributed by atoms with Gasteiger partial charge >= 0.3 is 0 Å². The predicted molar refractivity (Wildman–Crippen MR) is 88.1 cm³/mol. The van der Waals surface area contributed by atoms with E-state index in [4.69, 9.17) is 0 Å². The number of hydrogen-bond donors (Lipinski definition) is 1. The van der Waals surface area contributed by atoms with Gasteiger partial charge in [0.05, 0.1) is 12.5 Å². The Bertz CT molecular complexity index is 598. The van der Waals surface area contributed by atoms with Crippen molar-refractivity contribution in [3.63, 3.8) is 0 Å². The second-order valence-corrected chi connectivity index (χ2v) is 6.37. The van der Waals surface area contributed by atoms with Crippen LogP contribution in [0.2, 0.25) is 0 Å². The Balaban J connectivity index is 1.75. The molecule has 1 atom stereocenters. The van der Waals surface area contributed by atoms with Crippen molar-refractivity contribution in [2.75, 3.05) is 24.6 Å². The zero-order valence-electron chi connectivity index (χ0n) is 13.6. The number of para-hydroxylation sites is 1. The molecule has 0 spiro atoms. The average Bonchev–Trinajstić information content (AvgIpc) is 3.34. The molecule has 2 aliphatic rings. The lowest BCUT2D eigenvalue weighted by atomic mass is 10.1. The van der Waals surface area contributed by atoms with E-state index in [2.05, 4.69) is 6.92 Å². The van der Waals surface area contributed by atoms with E-state index in [1.165, 1.54) is 0 Å². The molecule has 1 aliphatic carbocycles. The molecule has 124 valence electrons. The number of carbonyl (C=O) groups is 2. The Morgan fingerprint density at radius 3 is 2.74 bits per heavy atom. The van der Waals surface area contributed by atoms with Crippen LogP contribution in [0.4, 0.5) is 5.69 Å². The lowest BCUT2D eigenvalue weighted by Gasteiger charge is -2.25. The molecule has 0 radical (unpaired) electrons. The molecule has 0 aromatic heterocycles. The second-order valence-electron chi connectivity index (χ2n) is 6.37.